The fourth-order valence-corrected chi connectivity index (χ4v) is 4.67. The number of halogens is 1. The van der Waals surface area contributed by atoms with Gasteiger partial charge in [0.25, 0.3) is 0 Å². The van der Waals surface area contributed by atoms with Crippen LogP contribution < -0.4 is 0 Å². The Labute approximate surface area is 133 Å². The van der Waals surface area contributed by atoms with Gasteiger partial charge in [0.1, 0.15) is 11.9 Å². The number of thioether (sulfide) groups is 1. The second-order valence-corrected chi connectivity index (χ2v) is 7.59. The van der Waals surface area contributed by atoms with Crippen molar-refractivity contribution in [2.45, 2.75) is 37.2 Å². The Kier molecular flexibility index (Phi) is 3.89. The first-order valence-corrected chi connectivity index (χ1v) is 8.35. The van der Waals surface area contributed by atoms with Gasteiger partial charge in [-0.05, 0) is 31.0 Å². The maximum absolute atomic E-state index is 13.2. The molecule has 0 saturated carbocycles. The van der Waals surface area contributed by atoms with E-state index in [-0.39, 0.29) is 22.5 Å². The summed E-state index contributed by atoms with van der Waals surface area (Å²) in [5, 5.41) is 0. The zero-order valence-corrected chi connectivity index (χ0v) is 13.5. The zero-order valence-electron chi connectivity index (χ0n) is 12.7. The molecule has 0 bridgehead atoms. The van der Waals surface area contributed by atoms with E-state index in [1.807, 2.05) is 6.92 Å². The highest BCUT2D eigenvalue weighted by atomic mass is 32.2. The molecule has 2 aliphatic heterocycles. The lowest BCUT2D eigenvalue weighted by Crippen LogP contribution is -2.50. The third kappa shape index (κ3) is 2.60. The number of benzene rings is 1. The van der Waals surface area contributed by atoms with Gasteiger partial charge in [-0.1, -0.05) is 12.1 Å². The van der Waals surface area contributed by atoms with Gasteiger partial charge in [-0.2, -0.15) is 0 Å². The number of rotatable bonds is 3. The maximum Gasteiger partial charge on any atom is 0.246 e. The lowest BCUT2D eigenvalue weighted by molar-refractivity contribution is -0.143. The molecular formula is C16H19FN2O2S. The van der Waals surface area contributed by atoms with Crippen molar-refractivity contribution >= 4 is 23.6 Å². The maximum atomic E-state index is 13.2. The predicted octanol–water partition coefficient (Wildman–Crippen LogP) is 2.24. The molecule has 1 aromatic carbocycles. The summed E-state index contributed by atoms with van der Waals surface area (Å²) < 4.78 is 13.2. The number of amides is 2. The third-order valence-corrected chi connectivity index (χ3v) is 5.92. The Balaban J connectivity index is 1.72. The predicted molar refractivity (Wildman–Crippen MR) is 83.6 cm³/mol. The highest BCUT2D eigenvalue weighted by molar-refractivity contribution is 8.01. The van der Waals surface area contributed by atoms with Crippen molar-refractivity contribution < 1.29 is 14.0 Å². The summed E-state index contributed by atoms with van der Waals surface area (Å²) in [6, 6.07) is 5.84. The molecule has 4 nitrogen and oxygen atoms in total. The smallest absolute Gasteiger partial charge is 0.246 e. The minimum atomic E-state index is -0.399. The minimum Gasteiger partial charge on any atom is -0.340 e. The van der Waals surface area contributed by atoms with Crippen LogP contribution in [-0.2, 0) is 16.1 Å². The van der Waals surface area contributed by atoms with E-state index >= 15 is 0 Å². The molecule has 0 aliphatic carbocycles. The van der Waals surface area contributed by atoms with Crippen LogP contribution in [0, 0.1) is 5.82 Å². The molecule has 0 unspecified atom stereocenters. The number of likely N-dealkylation sites (N-methyl/N-ethyl adjacent to an activating group) is 1. The highest BCUT2D eigenvalue weighted by Gasteiger charge is 2.53. The molecule has 6 heteroatoms. The fourth-order valence-electron chi connectivity index (χ4n) is 3.24. The Morgan fingerprint density at radius 3 is 3.05 bits per heavy atom. The van der Waals surface area contributed by atoms with E-state index in [0.717, 1.165) is 12.0 Å². The fraction of sp³-hybridized carbons (Fsp3) is 0.500. The van der Waals surface area contributed by atoms with Gasteiger partial charge in [-0.15, -0.1) is 11.8 Å². The van der Waals surface area contributed by atoms with Gasteiger partial charge in [0.15, 0.2) is 0 Å². The molecule has 3 rings (SSSR count). The molecule has 2 amide bonds. The molecule has 22 heavy (non-hydrogen) atoms. The first-order chi connectivity index (χ1) is 10.4. The van der Waals surface area contributed by atoms with Gasteiger partial charge in [0.2, 0.25) is 11.8 Å². The van der Waals surface area contributed by atoms with Gasteiger partial charge in [0, 0.05) is 25.8 Å². The van der Waals surface area contributed by atoms with Crippen molar-refractivity contribution in [2.75, 3.05) is 12.8 Å². The molecule has 0 spiro atoms. The lowest BCUT2D eigenvalue weighted by Gasteiger charge is -2.32. The van der Waals surface area contributed by atoms with Crippen LogP contribution in [0.3, 0.4) is 0 Å². The average molecular weight is 322 g/mol. The Hall–Kier alpha value is -1.56. The topological polar surface area (TPSA) is 40.6 Å². The number of nitrogens with zero attached hydrogens (tertiary/aromatic N) is 2. The number of carbonyl (C=O) groups is 2. The molecule has 0 radical (unpaired) electrons. The van der Waals surface area contributed by atoms with Crippen LogP contribution in [0.1, 0.15) is 25.3 Å². The van der Waals surface area contributed by atoms with Crippen molar-refractivity contribution in [2.24, 2.45) is 0 Å². The van der Waals surface area contributed by atoms with Crippen molar-refractivity contribution in [1.82, 2.24) is 9.80 Å². The van der Waals surface area contributed by atoms with E-state index < -0.39 is 6.04 Å². The van der Waals surface area contributed by atoms with Crippen LogP contribution in [0.25, 0.3) is 0 Å². The standard InChI is InChI=1S/C16H19FN2O2S/c1-16-7-6-14(20)19(16)13(10-22-16)15(21)18(2)9-11-4-3-5-12(17)8-11/h3-5,8,13H,6-7,9-10H2,1-2H3/t13-,16-/m0/s1. The van der Waals surface area contributed by atoms with Gasteiger partial charge >= 0.3 is 0 Å². The molecule has 2 saturated heterocycles. The molecular weight excluding hydrogens is 303 g/mol. The van der Waals surface area contributed by atoms with Gasteiger partial charge in [-0.3, -0.25) is 9.59 Å². The largest absolute Gasteiger partial charge is 0.340 e. The van der Waals surface area contributed by atoms with Crippen molar-refractivity contribution in [1.29, 1.82) is 0 Å². The monoisotopic (exact) mass is 322 g/mol. The summed E-state index contributed by atoms with van der Waals surface area (Å²) in [5.41, 5.74) is 0.747. The van der Waals surface area contributed by atoms with E-state index in [1.54, 1.807) is 40.7 Å². The second kappa shape index (κ2) is 5.57. The van der Waals surface area contributed by atoms with Crippen molar-refractivity contribution in [3.63, 3.8) is 0 Å². The van der Waals surface area contributed by atoms with E-state index in [2.05, 4.69) is 0 Å². The summed E-state index contributed by atoms with van der Waals surface area (Å²) in [4.78, 5) is 27.9. The molecule has 2 atom stereocenters. The summed E-state index contributed by atoms with van der Waals surface area (Å²) in [5.74, 6) is 0.312. The molecule has 2 aliphatic rings. The SMILES string of the molecule is CN(Cc1cccc(F)c1)C(=O)[C@@H]1CS[C@@]2(C)CCC(=O)N12. The van der Waals surface area contributed by atoms with E-state index in [1.165, 1.54) is 12.1 Å². The summed E-state index contributed by atoms with van der Waals surface area (Å²) in [7, 11) is 1.70. The number of hydrogen-bond acceptors (Lipinski definition) is 3. The van der Waals surface area contributed by atoms with E-state index in [9.17, 15) is 14.0 Å². The normalized spacial score (nSPS) is 27.1. The van der Waals surface area contributed by atoms with Gasteiger partial charge < -0.3 is 9.80 Å². The number of hydrogen-bond donors (Lipinski definition) is 0. The van der Waals surface area contributed by atoms with Crippen LogP contribution in [-0.4, -0.2) is 45.3 Å². The number of carbonyl (C=O) groups excluding carboxylic acids is 2. The molecule has 0 aromatic heterocycles. The first kappa shape index (κ1) is 15.3. The first-order valence-electron chi connectivity index (χ1n) is 7.36. The van der Waals surface area contributed by atoms with Crippen molar-refractivity contribution in [3.05, 3.63) is 35.6 Å². The molecule has 1 aromatic rings. The Bertz CT molecular complexity index is 624. The lowest BCUT2D eigenvalue weighted by atomic mass is 10.1. The highest BCUT2D eigenvalue weighted by Crippen LogP contribution is 2.47. The van der Waals surface area contributed by atoms with E-state index in [0.29, 0.717) is 18.7 Å². The molecule has 2 heterocycles. The van der Waals surface area contributed by atoms with Crippen LogP contribution in [0.4, 0.5) is 4.39 Å². The Morgan fingerprint density at radius 2 is 2.32 bits per heavy atom. The van der Waals surface area contributed by atoms with Crippen LogP contribution in [0.15, 0.2) is 24.3 Å². The van der Waals surface area contributed by atoms with Gasteiger partial charge in [0.05, 0.1) is 4.87 Å². The van der Waals surface area contributed by atoms with Crippen LogP contribution in [0.2, 0.25) is 0 Å². The quantitative estimate of drug-likeness (QED) is 0.857. The summed E-state index contributed by atoms with van der Waals surface area (Å²) in [6.07, 6.45) is 1.31. The minimum absolute atomic E-state index is 0.0602. The third-order valence-electron chi connectivity index (χ3n) is 4.41. The zero-order chi connectivity index (χ0) is 15.9. The molecule has 2 fully saturated rings. The van der Waals surface area contributed by atoms with E-state index in [4.69, 9.17) is 0 Å². The summed E-state index contributed by atoms with van der Waals surface area (Å²) >= 11 is 1.68. The summed E-state index contributed by atoms with van der Waals surface area (Å²) in [6.45, 7) is 2.37. The van der Waals surface area contributed by atoms with Gasteiger partial charge in [-0.25, -0.2) is 4.39 Å². The van der Waals surface area contributed by atoms with Crippen LogP contribution >= 0.6 is 11.8 Å². The molecule has 118 valence electrons. The molecule has 0 N–H and O–H groups in total. The Morgan fingerprint density at radius 1 is 1.55 bits per heavy atom. The average Bonchev–Trinajstić information content (AvgIpc) is 2.95. The number of fused-ring (bicyclic) bond motifs is 1. The second-order valence-electron chi connectivity index (χ2n) is 6.09. The van der Waals surface area contributed by atoms with Crippen LogP contribution in [0.5, 0.6) is 0 Å². The van der Waals surface area contributed by atoms with Crippen molar-refractivity contribution in [3.8, 4) is 0 Å².